The van der Waals surface area contributed by atoms with Crippen LogP contribution in [-0.4, -0.2) is 47.6 Å². The monoisotopic (exact) mass is 240 g/mol. The molecule has 0 bridgehead atoms. The van der Waals surface area contributed by atoms with Crippen LogP contribution in [0.5, 0.6) is 0 Å². The fourth-order valence-electron chi connectivity index (χ4n) is 2.11. The number of likely N-dealkylation sites (tertiary alicyclic amines) is 1. The van der Waals surface area contributed by atoms with E-state index in [0.29, 0.717) is 13.1 Å². The Hall–Kier alpha value is -1.36. The molecule has 2 unspecified atom stereocenters. The first-order chi connectivity index (χ1) is 8.04. The number of carboxylic acid groups (broad SMARTS) is 1. The summed E-state index contributed by atoms with van der Waals surface area (Å²) in [5.41, 5.74) is 0. The molecule has 17 heavy (non-hydrogen) atoms. The Morgan fingerprint density at radius 3 is 2.94 bits per heavy atom. The Kier molecular flexibility index (Phi) is 5.15. The van der Waals surface area contributed by atoms with Crippen LogP contribution in [0, 0.1) is 5.92 Å². The zero-order valence-electron chi connectivity index (χ0n) is 10.2. The molecule has 1 rings (SSSR count). The van der Waals surface area contributed by atoms with Crippen molar-refractivity contribution in [3.63, 3.8) is 0 Å². The summed E-state index contributed by atoms with van der Waals surface area (Å²) in [5.74, 6) is -0.622. The van der Waals surface area contributed by atoms with Crippen molar-refractivity contribution < 1.29 is 14.7 Å². The van der Waals surface area contributed by atoms with Crippen LogP contribution in [0.1, 0.15) is 19.8 Å². The fraction of sp³-hybridized carbons (Fsp3) is 0.667. The van der Waals surface area contributed by atoms with Gasteiger partial charge in [0.2, 0.25) is 5.91 Å². The van der Waals surface area contributed by atoms with Crippen molar-refractivity contribution in [2.75, 3.05) is 19.6 Å². The highest BCUT2D eigenvalue weighted by Gasteiger charge is 2.30. The van der Waals surface area contributed by atoms with Gasteiger partial charge in [-0.1, -0.05) is 6.08 Å². The highest BCUT2D eigenvalue weighted by atomic mass is 16.4. The van der Waals surface area contributed by atoms with E-state index in [-0.39, 0.29) is 24.3 Å². The van der Waals surface area contributed by atoms with Gasteiger partial charge in [0.1, 0.15) is 0 Å². The van der Waals surface area contributed by atoms with Gasteiger partial charge >= 0.3 is 5.97 Å². The lowest BCUT2D eigenvalue weighted by molar-refractivity contribution is -0.138. The smallest absolute Gasteiger partial charge is 0.303 e. The summed E-state index contributed by atoms with van der Waals surface area (Å²) >= 11 is 0. The molecule has 1 heterocycles. The van der Waals surface area contributed by atoms with Gasteiger partial charge in [-0.05, 0) is 25.8 Å². The summed E-state index contributed by atoms with van der Waals surface area (Å²) in [7, 11) is 0. The lowest BCUT2D eigenvalue weighted by Crippen LogP contribution is -2.44. The van der Waals surface area contributed by atoms with Crippen LogP contribution in [0.4, 0.5) is 0 Å². The van der Waals surface area contributed by atoms with Gasteiger partial charge in [0, 0.05) is 19.5 Å². The van der Waals surface area contributed by atoms with Crippen molar-refractivity contribution in [1.29, 1.82) is 0 Å². The van der Waals surface area contributed by atoms with Gasteiger partial charge in [0.15, 0.2) is 0 Å². The molecule has 0 aromatic heterocycles. The Morgan fingerprint density at radius 2 is 2.35 bits per heavy atom. The molecule has 0 aromatic carbocycles. The lowest BCUT2D eigenvalue weighted by atomic mass is 10.1. The molecular weight excluding hydrogens is 220 g/mol. The van der Waals surface area contributed by atoms with Crippen molar-refractivity contribution in [3.8, 4) is 0 Å². The highest BCUT2D eigenvalue weighted by Crippen LogP contribution is 2.21. The predicted molar refractivity (Wildman–Crippen MR) is 64.6 cm³/mol. The molecule has 5 heteroatoms. The summed E-state index contributed by atoms with van der Waals surface area (Å²) in [4.78, 5) is 24.3. The molecule has 2 atom stereocenters. The number of carbonyl (C=O) groups is 2. The van der Waals surface area contributed by atoms with E-state index in [2.05, 4.69) is 11.9 Å². The molecule has 1 saturated heterocycles. The number of nitrogens with one attached hydrogen (secondary N) is 1. The van der Waals surface area contributed by atoms with Gasteiger partial charge in [-0.3, -0.25) is 14.5 Å². The van der Waals surface area contributed by atoms with Gasteiger partial charge in [0.25, 0.3) is 0 Å². The maximum Gasteiger partial charge on any atom is 0.303 e. The van der Waals surface area contributed by atoms with Crippen molar-refractivity contribution >= 4 is 11.9 Å². The summed E-state index contributed by atoms with van der Waals surface area (Å²) < 4.78 is 0. The first-order valence-corrected chi connectivity index (χ1v) is 5.89. The summed E-state index contributed by atoms with van der Waals surface area (Å²) in [6, 6.07) is -0.200. The normalized spacial score (nSPS) is 22.1. The second-order valence-electron chi connectivity index (χ2n) is 4.46. The van der Waals surface area contributed by atoms with E-state index < -0.39 is 5.97 Å². The second kappa shape index (κ2) is 6.39. The van der Waals surface area contributed by atoms with E-state index in [1.807, 2.05) is 11.8 Å². The predicted octanol–water partition coefficient (Wildman–Crippen LogP) is 0.474. The van der Waals surface area contributed by atoms with Crippen LogP contribution in [-0.2, 0) is 9.59 Å². The number of aliphatic carboxylic acids is 1. The minimum Gasteiger partial charge on any atom is -0.481 e. The number of rotatable bonds is 6. The van der Waals surface area contributed by atoms with Crippen LogP contribution in [0.2, 0.25) is 0 Å². The van der Waals surface area contributed by atoms with Crippen LogP contribution < -0.4 is 5.32 Å². The Labute approximate surface area is 101 Å². The molecule has 5 nitrogen and oxygen atoms in total. The third-order valence-electron chi connectivity index (χ3n) is 3.13. The van der Waals surface area contributed by atoms with Gasteiger partial charge < -0.3 is 10.4 Å². The first kappa shape index (κ1) is 13.7. The zero-order chi connectivity index (χ0) is 12.8. The topological polar surface area (TPSA) is 69.6 Å². The summed E-state index contributed by atoms with van der Waals surface area (Å²) in [6.45, 7) is 7.34. The molecule has 0 aliphatic carbocycles. The standard InChI is InChI=1S/C12H20N2O3/c1-3-5-13-12(17)9(2)14-6-4-10(8-14)7-11(15)16/h3,9-10H,1,4-8H2,2H3,(H,13,17)(H,15,16). The van der Waals surface area contributed by atoms with E-state index in [0.717, 1.165) is 13.0 Å². The van der Waals surface area contributed by atoms with E-state index in [1.165, 1.54) is 0 Å². The van der Waals surface area contributed by atoms with E-state index in [4.69, 9.17) is 5.11 Å². The molecular formula is C12H20N2O3. The molecule has 1 fully saturated rings. The quantitative estimate of drug-likeness (QED) is 0.662. The third kappa shape index (κ3) is 4.19. The maximum atomic E-state index is 11.7. The summed E-state index contributed by atoms with van der Waals surface area (Å²) in [6.07, 6.45) is 2.69. The second-order valence-corrected chi connectivity index (χ2v) is 4.46. The molecule has 96 valence electrons. The zero-order valence-corrected chi connectivity index (χ0v) is 10.2. The highest BCUT2D eigenvalue weighted by molar-refractivity contribution is 5.81. The van der Waals surface area contributed by atoms with Crippen LogP contribution >= 0.6 is 0 Å². The van der Waals surface area contributed by atoms with E-state index >= 15 is 0 Å². The number of carbonyl (C=O) groups excluding carboxylic acids is 1. The SMILES string of the molecule is C=CCNC(=O)C(C)N1CCC(CC(=O)O)C1. The molecule has 2 N–H and O–H groups in total. The average Bonchev–Trinajstić information content (AvgIpc) is 2.72. The minimum absolute atomic E-state index is 0.0270. The van der Waals surface area contributed by atoms with E-state index in [1.54, 1.807) is 6.08 Å². The van der Waals surface area contributed by atoms with Crippen LogP contribution in [0.15, 0.2) is 12.7 Å². The van der Waals surface area contributed by atoms with Gasteiger partial charge in [0.05, 0.1) is 6.04 Å². The van der Waals surface area contributed by atoms with Crippen LogP contribution in [0.3, 0.4) is 0 Å². The van der Waals surface area contributed by atoms with Gasteiger partial charge in [-0.2, -0.15) is 0 Å². The Morgan fingerprint density at radius 1 is 1.65 bits per heavy atom. The molecule has 1 aliphatic heterocycles. The lowest BCUT2D eigenvalue weighted by Gasteiger charge is -2.23. The number of carboxylic acids is 1. The van der Waals surface area contributed by atoms with Crippen LogP contribution in [0.25, 0.3) is 0 Å². The number of nitrogens with zero attached hydrogens (tertiary/aromatic N) is 1. The Bertz CT molecular complexity index is 304. The van der Waals surface area contributed by atoms with Crippen molar-refractivity contribution in [2.45, 2.75) is 25.8 Å². The third-order valence-corrected chi connectivity index (χ3v) is 3.13. The number of amides is 1. The molecule has 0 radical (unpaired) electrons. The van der Waals surface area contributed by atoms with Gasteiger partial charge in [-0.25, -0.2) is 0 Å². The molecule has 1 amide bonds. The van der Waals surface area contributed by atoms with E-state index in [9.17, 15) is 9.59 Å². The van der Waals surface area contributed by atoms with Crippen molar-refractivity contribution in [3.05, 3.63) is 12.7 Å². The van der Waals surface area contributed by atoms with Crippen molar-refractivity contribution in [1.82, 2.24) is 10.2 Å². The Balaban J connectivity index is 2.39. The number of hydrogen-bond acceptors (Lipinski definition) is 3. The number of hydrogen-bond donors (Lipinski definition) is 2. The maximum absolute atomic E-state index is 11.7. The molecule has 0 spiro atoms. The molecule has 1 aliphatic rings. The largest absolute Gasteiger partial charge is 0.481 e. The van der Waals surface area contributed by atoms with Gasteiger partial charge in [-0.15, -0.1) is 6.58 Å². The first-order valence-electron chi connectivity index (χ1n) is 5.89. The van der Waals surface area contributed by atoms with Crippen molar-refractivity contribution in [2.24, 2.45) is 5.92 Å². The molecule has 0 aromatic rings. The summed E-state index contributed by atoms with van der Waals surface area (Å²) in [5, 5.41) is 11.5. The molecule has 0 saturated carbocycles. The average molecular weight is 240 g/mol. The minimum atomic E-state index is -0.763. The fourth-order valence-corrected chi connectivity index (χ4v) is 2.11.